The summed E-state index contributed by atoms with van der Waals surface area (Å²) in [5.74, 6) is 0. The lowest BCUT2D eigenvalue weighted by Gasteiger charge is -2.33. The quantitative estimate of drug-likeness (QED) is 0.370. The molecule has 0 fully saturated rings. The molecule has 1 aliphatic rings. The lowest BCUT2D eigenvalue weighted by molar-refractivity contribution is 0.442. The number of benzene rings is 4. The summed E-state index contributed by atoms with van der Waals surface area (Å²) in [6.45, 7) is 0. The highest BCUT2D eigenvalue weighted by molar-refractivity contribution is 6.30. The molecule has 2 nitrogen and oxygen atoms in total. The average Bonchev–Trinajstić information content (AvgIpc) is 2.85. The molecule has 2 N–H and O–H groups in total. The van der Waals surface area contributed by atoms with Crippen molar-refractivity contribution in [3.05, 3.63) is 137 Å². The van der Waals surface area contributed by atoms with Crippen molar-refractivity contribution in [2.75, 3.05) is 0 Å². The first-order valence-electron chi connectivity index (χ1n) is 10.5. The molecule has 3 heteroatoms. The van der Waals surface area contributed by atoms with Crippen molar-refractivity contribution in [3.8, 4) is 11.1 Å². The third kappa shape index (κ3) is 4.41. The predicted molar refractivity (Wildman–Crippen MR) is 130 cm³/mol. The van der Waals surface area contributed by atoms with Gasteiger partial charge in [-0.15, -0.1) is 0 Å². The highest BCUT2D eigenvalue weighted by atomic mass is 35.5. The second-order valence-electron chi connectivity index (χ2n) is 7.71. The molecule has 0 aromatic heterocycles. The van der Waals surface area contributed by atoms with E-state index in [0.29, 0.717) is 0 Å². The molecular formula is C28H23ClN2. The van der Waals surface area contributed by atoms with Crippen LogP contribution in [0.3, 0.4) is 0 Å². The van der Waals surface area contributed by atoms with E-state index in [-0.39, 0.29) is 12.2 Å². The van der Waals surface area contributed by atoms with Crippen LogP contribution < -0.4 is 10.6 Å². The third-order valence-electron chi connectivity index (χ3n) is 5.62. The van der Waals surface area contributed by atoms with Gasteiger partial charge in [0.25, 0.3) is 0 Å². The van der Waals surface area contributed by atoms with Crippen molar-refractivity contribution in [2.45, 2.75) is 12.2 Å². The van der Waals surface area contributed by atoms with E-state index in [0.717, 1.165) is 21.8 Å². The fraction of sp³-hybridized carbons (Fsp3) is 0.0714. The van der Waals surface area contributed by atoms with Crippen molar-refractivity contribution < 1.29 is 0 Å². The number of hydrogen-bond donors (Lipinski definition) is 2. The minimum Gasteiger partial charge on any atom is -0.366 e. The fourth-order valence-corrected chi connectivity index (χ4v) is 4.13. The van der Waals surface area contributed by atoms with E-state index in [1.807, 2.05) is 18.2 Å². The fourth-order valence-electron chi connectivity index (χ4n) is 4.01. The molecule has 0 saturated carbocycles. The minimum absolute atomic E-state index is 0.0191. The molecule has 1 aliphatic heterocycles. The SMILES string of the molecule is Clc1ccc(-c2cccc(C3=CC(c4ccccc4)NC(c4ccccc4)N3)c2)cc1. The lowest BCUT2D eigenvalue weighted by atomic mass is 9.96. The highest BCUT2D eigenvalue weighted by Crippen LogP contribution is 2.31. The van der Waals surface area contributed by atoms with Crippen LogP contribution in [-0.2, 0) is 0 Å². The van der Waals surface area contributed by atoms with E-state index >= 15 is 0 Å². The summed E-state index contributed by atoms with van der Waals surface area (Å²) >= 11 is 6.07. The van der Waals surface area contributed by atoms with Gasteiger partial charge >= 0.3 is 0 Å². The first-order valence-corrected chi connectivity index (χ1v) is 10.8. The van der Waals surface area contributed by atoms with E-state index in [4.69, 9.17) is 11.6 Å². The zero-order valence-electron chi connectivity index (χ0n) is 17.0. The van der Waals surface area contributed by atoms with Gasteiger partial charge < -0.3 is 5.32 Å². The monoisotopic (exact) mass is 422 g/mol. The van der Waals surface area contributed by atoms with Crippen molar-refractivity contribution >= 4 is 17.3 Å². The molecule has 0 aliphatic carbocycles. The number of hydrogen-bond acceptors (Lipinski definition) is 2. The first-order chi connectivity index (χ1) is 15.3. The predicted octanol–water partition coefficient (Wildman–Crippen LogP) is 6.98. The van der Waals surface area contributed by atoms with Crippen LogP contribution in [0.25, 0.3) is 16.8 Å². The molecule has 31 heavy (non-hydrogen) atoms. The summed E-state index contributed by atoms with van der Waals surface area (Å²) in [6, 6.07) is 37.8. The van der Waals surface area contributed by atoms with E-state index in [2.05, 4.69) is 108 Å². The summed E-state index contributed by atoms with van der Waals surface area (Å²) in [5.41, 5.74) is 7.06. The average molecular weight is 423 g/mol. The van der Waals surface area contributed by atoms with E-state index in [9.17, 15) is 0 Å². The number of halogens is 1. The van der Waals surface area contributed by atoms with Gasteiger partial charge in [-0.2, -0.15) is 0 Å². The molecule has 5 rings (SSSR count). The molecule has 0 bridgehead atoms. The van der Waals surface area contributed by atoms with Crippen LogP contribution >= 0.6 is 11.6 Å². The molecule has 0 saturated heterocycles. The lowest BCUT2D eigenvalue weighted by Crippen LogP contribution is -2.39. The van der Waals surface area contributed by atoms with Gasteiger partial charge in [-0.3, -0.25) is 5.32 Å². The van der Waals surface area contributed by atoms with Gasteiger partial charge in [-0.25, -0.2) is 0 Å². The Balaban J connectivity index is 1.54. The Morgan fingerprint density at radius 3 is 1.94 bits per heavy atom. The highest BCUT2D eigenvalue weighted by Gasteiger charge is 2.23. The second kappa shape index (κ2) is 8.81. The zero-order chi connectivity index (χ0) is 21.0. The van der Waals surface area contributed by atoms with Gasteiger partial charge in [0.05, 0.1) is 6.04 Å². The van der Waals surface area contributed by atoms with Crippen LogP contribution in [0, 0.1) is 0 Å². The van der Waals surface area contributed by atoms with Crippen molar-refractivity contribution in [1.82, 2.24) is 10.6 Å². The van der Waals surface area contributed by atoms with E-state index in [1.54, 1.807) is 0 Å². The Hall–Kier alpha value is -3.33. The molecule has 0 amide bonds. The van der Waals surface area contributed by atoms with E-state index in [1.165, 1.54) is 16.7 Å². The van der Waals surface area contributed by atoms with Crippen molar-refractivity contribution in [1.29, 1.82) is 0 Å². The van der Waals surface area contributed by atoms with Gasteiger partial charge in [0.1, 0.15) is 6.17 Å². The topological polar surface area (TPSA) is 24.1 Å². The van der Waals surface area contributed by atoms with Crippen LogP contribution in [0.4, 0.5) is 0 Å². The molecule has 1 heterocycles. The Morgan fingerprint density at radius 1 is 0.581 bits per heavy atom. The third-order valence-corrected chi connectivity index (χ3v) is 5.87. The molecule has 0 radical (unpaired) electrons. The van der Waals surface area contributed by atoms with Gasteiger partial charge in [0, 0.05) is 10.7 Å². The normalized spacial score (nSPS) is 18.2. The molecule has 4 aromatic carbocycles. The minimum atomic E-state index is 0.0191. The number of nitrogens with one attached hydrogen (secondary N) is 2. The summed E-state index contributed by atoms with van der Waals surface area (Å²) in [5, 5.41) is 8.19. The molecular weight excluding hydrogens is 400 g/mol. The maximum absolute atomic E-state index is 6.07. The molecule has 152 valence electrons. The van der Waals surface area contributed by atoms with Gasteiger partial charge in [0.15, 0.2) is 0 Å². The Bertz CT molecular complexity index is 1180. The summed E-state index contributed by atoms with van der Waals surface area (Å²) in [7, 11) is 0. The first kappa shape index (κ1) is 19.6. The van der Waals surface area contributed by atoms with Gasteiger partial charge in [-0.1, -0.05) is 103 Å². The largest absolute Gasteiger partial charge is 0.366 e. The Labute approximate surface area is 188 Å². The van der Waals surface area contributed by atoms with Gasteiger partial charge in [0.2, 0.25) is 0 Å². The summed E-state index contributed by atoms with van der Waals surface area (Å²) in [4.78, 5) is 0. The molecule has 0 spiro atoms. The Morgan fingerprint density at radius 2 is 1.23 bits per heavy atom. The van der Waals surface area contributed by atoms with Crippen LogP contribution in [0.1, 0.15) is 28.9 Å². The zero-order valence-corrected chi connectivity index (χ0v) is 17.8. The maximum atomic E-state index is 6.07. The van der Waals surface area contributed by atoms with Crippen molar-refractivity contribution in [3.63, 3.8) is 0 Å². The number of rotatable bonds is 4. The standard InChI is InChI=1S/C28H23ClN2/c29-25-16-14-20(15-17-25)23-12-7-13-24(18-23)27-19-26(21-8-3-1-4-9-21)30-28(31-27)22-10-5-2-6-11-22/h1-19,26,28,30-31H. The molecule has 2 atom stereocenters. The van der Waals surface area contributed by atoms with E-state index < -0.39 is 0 Å². The van der Waals surface area contributed by atoms with Crippen LogP contribution in [0.15, 0.2) is 115 Å². The Kier molecular flexibility index (Phi) is 5.57. The van der Waals surface area contributed by atoms with Gasteiger partial charge in [-0.05, 0) is 52.1 Å². The summed E-state index contributed by atoms with van der Waals surface area (Å²) in [6.07, 6.45) is 2.29. The van der Waals surface area contributed by atoms with Crippen molar-refractivity contribution in [2.24, 2.45) is 0 Å². The molecule has 2 unspecified atom stereocenters. The van der Waals surface area contributed by atoms with Crippen LogP contribution in [0.5, 0.6) is 0 Å². The summed E-state index contributed by atoms with van der Waals surface area (Å²) < 4.78 is 0. The smallest absolute Gasteiger partial charge is 0.104 e. The second-order valence-corrected chi connectivity index (χ2v) is 8.15. The van der Waals surface area contributed by atoms with Crippen LogP contribution in [0.2, 0.25) is 5.02 Å². The molecule has 4 aromatic rings. The van der Waals surface area contributed by atoms with Crippen LogP contribution in [-0.4, -0.2) is 0 Å². The maximum Gasteiger partial charge on any atom is 0.104 e.